The molecule has 4 nitrogen and oxygen atoms in total. The number of hydrogen-bond acceptors (Lipinski definition) is 4. The van der Waals surface area contributed by atoms with Crippen molar-refractivity contribution in [2.75, 3.05) is 18.0 Å². The molecule has 80 valence electrons. The van der Waals surface area contributed by atoms with E-state index in [1.54, 1.807) is 6.07 Å². The zero-order chi connectivity index (χ0) is 10.8. The fourth-order valence-electron chi connectivity index (χ4n) is 1.75. The third kappa shape index (κ3) is 2.33. The van der Waals surface area contributed by atoms with Gasteiger partial charge in [0.15, 0.2) is 0 Å². The number of nitrogens with zero attached hydrogens (tertiary/aromatic N) is 2. The van der Waals surface area contributed by atoms with Gasteiger partial charge in [-0.25, -0.2) is 4.98 Å². The van der Waals surface area contributed by atoms with Gasteiger partial charge in [-0.2, -0.15) is 0 Å². The molecule has 1 saturated heterocycles. The van der Waals surface area contributed by atoms with E-state index in [2.05, 4.69) is 25.8 Å². The molecule has 2 heterocycles. The van der Waals surface area contributed by atoms with Crippen LogP contribution < -0.4 is 10.4 Å². The molecule has 0 amide bonds. The first-order chi connectivity index (χ1) is 7.18. The molecule has 6 heteroatoms. The molecule has 0 aromatic carbocycles. The first kappa shape index (κ1) is 10.9. The summed E-state index contributed by atoms with van der Waals surface area (Å²) in [6.45, 7) is 2.04. The van der Waals surface area contributed by atoms with Crippen LogP contribution in [0.1, 0.15) is 12.8 Å². The van der Waals surface area contributed by atoms with Crippen LogP contribution in [-0.2, 0) is 0 Å². The van der Waals surface area contributed by atoms with Crippen molar-refractivity contribution in [2.45, 2.75) is 12.8 Å². The first-order valence-corrected chi connectivity index (χ1v) is 5.74. The van der Waals surface area contributed by atoms with Crippen LogP contribution in [0.4, 0.5) is 5.82 Å². The zero-order valence-electron chi connectivity index (χ0n) is 8.23. The lowest BCUT2D eigenvalue weighted by atomic mass is 9.82. The molecule has 0 aliphatic carbocycles. The van der Waals surface area contributed by atoms with E-state index in [9.17, 15) is 0 Å². The van der Waals surface area contributed by atoms with Gasteiger partial charge in [0.2, 0.25) is 0 Å². The summed E-state index contributed by atoms with van der Waals surface area (Å²) in [5.74, 6) is 0.886. The Balaban J connectivity index is 2.25. The highest BCUT2D eigenvalue weighted by molar-refractivity contribution is 9.10. The molecule has 2 rings (SSSR count). The largest absolute Gasteiger partial charge is 0.490 e. The Hall–Kier alpha value is -0.585. The highest BCUT2D eigenvalue weighted by Crippen LogP contribution is 2.25. The molecule has 1 fully saturated rings. The van der Waals surface area contributed by atoms with Crippen molar-refractivity contribution in [3.8, 4) is 0 Å². The highest BCUT2D eigenvalue weighted by Gasteiger charge is 2.19. The fraction of sp³-hybridized carbons (Fsp3) is 0.444. The second-order valence-corrected chi connectivity index (χ2v) is 4.50. The van der Waals surface area contributed by atoms with E-state index in [4.69, 9.17) is 10.0 Å². The van der Waals surface area contributed by atoms with Crippen molar-refractivity contribution in [3.05, 3.63) is 16.7 Å². The molecule has 0 bridgehead atoms. The molecular weight excluding hydrogens is 259 g/mol. The Morgan fingerprint density at radius 3 is 2.53 bits per heavy atom. The Kier molecular flexibility index (Phi) is 3.28. The van der Waals surface area contributed by atoms with Gasteiger partial charge in [-0.15, -0.1) is 0 Å². The lowest BCUT2D eigenvalue weighted by Crippen LogP contribution is -2.31. The van der Waals surface area contributed by atoms with E-state index in [0.29, 0.717) is 5.46 Å². The van der Waals surface area contributed by atoms with Gasteiger partial charge in [-0.3, -0.25) is 0 Å². The topological polar surface area (TPSA) is 56.6 Å². The minimum Gasteiger partial charge on any atom is -0.423 e. The van der Waals surface area contributed by atoms with Crippen LogP contribution in [0.15, 0.2) is 16.7 Å². The van der Waals surface area contributed by atoms with Crippen molar-refractivity contribution in [1.29, 1.82) is 0 Å². The Bertz CT molecular complexity index is 356. The second kappa shape index (κ2) is 4.51. The van der Waals surface area contributed by atoms with Crippen molar-refractivity contribution in [1.82, 2.24) is 4.98 Å². The van der Waals surface area contributed by atoms with Gasteiger partial charge in [0.05, 0.1) is 4.47 Å². The second-order valence-electron chi connectivity index (χ2n) is 3.64. The van der Waals surface area contributed by atoms with Gasteiger partial charge in [-0.1, -0.05) is 0 Å². The molecule has 0 atom stereocenters. The minimum atomic E-state index is -1.46. The van der Waals surface area contributed by atoms with Gasteiger partial charge in [0.25, 0.3) is 0 Å². The fourth-order valence-corrected chi connectivity index (χ4v) is 2.37. The van der Waals surface area contributed by atoms with Crippen LogP contribution in [0, 0.1) is 0 Å². The molecule has 1 aliphatic heterocycles. The normalized spacial score (nSPS) is 15.8. The summed E-state index contributed by atoms with van der Waals surface area (Å²) in [6.07, 6.45) is 3.89. The monoisotopic (exact) mass is 270 g/mol. The lowest BCUT2D eigenvalue weighted by Gasteiger charge is -2.18. The van der Waals surface area contributed by atoms with E-state index >= 15 is 0 Å². The minimum absolute atomic E-state index is 0.407. The molecule has 0 unspecified atom stereocenters. The smallest absolute Gasteiger partial charge is 0.423 e. The highest BCUT2D eigenvalue weighted by atomic mass is 79.9. The Morgan fingerprint density at radius 1 is 1.33 bits per heavy atom. The number of aromatic nitrogens is 1. The average molecular weight is 271 g/mol. The van der Waals surface area contributed by atoms with E-state index in [0.717, 1.165) is 23.4 Å². The molecule has 1 aromatic rings. The maximum Gasteiger partial charge on any atom is 0.490 e. The Morgan fingerprint density at radius 2 is 2.00 bits per heavy atom. The summed E-state index contributed by atoms with van der Waals surface area (Å²) < 4.78 is 0.815. The molecule has 0 radical (unpaired) electrons. The van der Waals surface area contributed by atoms with Crippen LogP contribution in [0.5, 0.6) is 0 Å². The molecule has 0 saturated carbocycles. The van der Waals surface area contributed by atoms with Crippen molar-refractivity contribution in [2.24, 2.45) is 0 Å². The van der Waals surface area contributed by atoms with Gasteiger partial charge < -0.3 is 14.9 Å². The van der Waals surface area contributed by atoms with Crippen molar-refractivity contribution < 1.29 is 10.0 Å². The van der Waals surface area contributed by atoms with E-state index in [1.165, 1.54) is 19.0 Å². The third-order valence-electron chi connectivity index (χ3n) is 2.55. The van der Waals surface area contributed by atoms with Crippen LogP contribution in [0.2, 0.25) is 0 Å². The van der Waals surface area contributed by atoms with Gasteiger partial charge >= 0.3 is 7.12 Å². The summed E-state index contributed by atoms with van der Waals surface area (Å²) >= 11 is 3.40. The van der Waals surface area contributed by atoms with Gasteiger partial charge in [0.1, 0.15) is 5.82 Å². The maximum atomic E-state index is 8.99. The van der Waals surface area contributed by atoms with Crippen LogP contribution >= 0.6 is 15.9 Å². The van der Waals surface area contributed by atoms with E-state index in [1.807, 2.05) is 0 Å². The third-order valence-corrected chi connectivity index (χ3v) is 3.13. The number of rotatable bonds is 2. The van der Waals surface area contributed by atoms with E-state index in [-0.39, 0.29) is 0 Å². The standard InChI is InChI=1S/C9H12BBrN2O2/c11-8-5-7(10(14)15)6-12-9(8)13-3-1-2-4-13/h5-6,14-15H,1-4H2. The Labute approximate surface area is 97.2 Å². The quantitative estimate of drug-likeness (QED) is 0.750. The summed E-state index contributed by atoms with van der Waals surface area (Å²) in [7, 11) is -1.46. The number of anilines is 1. The van der Waals surface area contributed by atoms with Crippen LogP contribution in [0.3, 0.4) is 0 Å². The van der Waals surface area contributed by atoms with E-state index < -0.39 is 7.12 Å². The predicted octanol–water partition coefficient (Wildman–Crippen LogP) is 0.124. The summed E-state index contributed by atoms with van der Waals surface area (Å²) in [5.41, 5.74) is 0.407. The molecule has 2 N–H and O–H groups in total. The predicted molar refractivity (Wildman–Crippen MR) is 63.2 cm³/mol. The maximum absolute atomic E-state index is 8.99. The average Bonchev–Trinajstić information content (AvgIpc) is 2.70. The van der Waals surface area contributed by atoms with Crippen LogP contribution in [0.25, 0.3) is 0 Å². The van der Waals surface area contributed by atoms with Crippen molar-refractivity contribution in [3.63, 3.8) is 0 Å². The SMILES string of the molecule is OB(O)c1cnc(N2CCCC2)c(Br)c1. The summed E-state index contributed by atoms with van der Waals surface area (Å²) in [5, 5.41) is 18.0. The number of halogens is 1. The van der Waals surface area contributed by atoms with Gasteiger partial charge in [0, 0.05) is 24.7 Å². The molecule has 0 spiro atoms. The lowest BCUT2D eigenvalue weighted by molar-refractivity contribution is 0.425. The molecular formula is C9H12BBrN2O2. The number of pyridine rings is 1. The molecule has 1 aliphatic rings. The molecule has 15 heavy (non-hydrogen) atoms. The van der Waals surface area contributed by atoms with Crippen LogP contribution in [-0.4, -0.2) is 35.2 Å². The summed E-state index contributed by atoms with van der Waals surface area (Å²) in [4.78, 5) is 6.43. The zero-order valence-corrected chi connectivity index (χ0v) is 9.81. The number of hydrogen-bond donors (Lipinski definition) is 2. The molecule has 1 aromatic heterocycles. The van der Waals surface area contributed by atoms with Crippen molar-refractivity contribution >= 4 is 34.3 Å². The first-order valence-electron chi connectivity index (χ1n) is 4.95. The summed E-state index contributed by atoms with van der Waals surface area (Å²) in [6, 6.07) is 1.70. The van der Waals surface area contributed by atoms with Gasteiger partial charge in [-0.05, 0) is 34.8 Å².